The van der Waals surface area contributed by atoms with E-state index < -0.39 is 0 Å². The van der Waals surface area contributed by atoms with Crippen LogP contribution in [0.15, 0.2) is 24.3 Å². The molecule has 0 saturated heterocycles. The molecule has 0 bridgehead atoms. The molecule has 1 unspecified atom stereocenters. The minimum atomic E-state index is 0.327. The number of hydrogen-bond donors (Lipinski definition) is 1. The average molecular weight is 274 g/mol. The molecule has 0 aromatic heterocycles. The lowest BCUT2D eigenvalue weighted by atomic mass is 9.71. The third-order valence-corrected chi connectivity index (χ3v) is 4.84. The molecule has 1 aromatic carbocycles. The maximum atomic E-state index is 3.77. The normalized spacial score (nSPS) is 20.9. The zero-order chi connectivity index (χ0) is 14.6. The van der Waals surface area contributed by atoms with Crippen LogP contribution in [0.5, 0.6) is 0 Å². The van der Waals surface area contributed by atoms with Gasteiger partial charge in [-0.3, -0.25) is 0 Å². The lowest BCUT2D eigenvalue weighted by Crippen LogP contribution is -2.37. The standard InChI is InChI=1S/C18H30N2/c1-5-20(6-2)14-13-19-17-11-12-18(3,4)16-10-8-7-9-15(16)17/h7-10,17,19H,5-6,11-14H2,1-4H3. The van der Waals surface area contributed by atoms with E-state index >= 15 is 0 Å². The Bertz CT molecular complexity index is 421. The molecule has 20 heavy (non-hydrogen) atoms. The second-order valence-electron chi connectivity index (χ2n) is 6.54. The highest BCUT2D eigenvalue weighted by Crippen LogP contribution is 2.41. The van der Waals surface area contributed by atoms with E-state index in [2.05, 4.69) is 62.2 Å². The maximum Gasteiger partial charge on any atom is 0.0324 e. The molecular formula is C18H30N2. The van der Waals surface area contributed by atoms with E-state index in [9.17, 15) is 0 Å². The number of rotatable bonds is 6. The largest absolute Gasteiger partial charge is 0.309 e. The van der Waals surface area contributed by atoms with Crippen LogP contribution in [0.1, 0.15) is 57.7 Å². The van der Waals surface area contributed by atoms with E-state index in [1.54, 1.807) is 0 Å². The predicted molar refractivity (Wildman–Crippen MR) is 87.2 cm³/mol. The summed E-state index contributed by atoms with van der Waals surface area (Å²) in [5, 5.41) is 3.77. The van der Waals surface area contributed by atoms with Crippen LogP contribution in [0.25, 0.3) is 0 Å². The number of likely N-dealkylation sites (N-methyl/N-ethyl adjacent to an activating group) is 1. The summed E-state index contributed by atoms with van der Waals surface area (Å²) in [6.07, 6.45) is 2.52. The minimum Gasteiger partial charge on any atom is -0.309 e. The van der Waals surface area contributed by atoms with Gasteiger partial charge in [0.2, 0.25) is 0 Å². The Morgan fingerprint density at radius 3 is 2.60 bits per heavy atom. The third-order valence-electron chi connectivity index (χ3n) is 4.84. The lowest BCUT2D eigenvalue weighted by Gasteiger charge is -2.37. The van der Waals surface area contributed by atoms with Crippen molar-refractivity contribution in [2.24, 2.45) is 0 Å². The van der Waals surface area contributed by atoms with Gasteiger partial charge < -0.3 is 10.2 Å². The summed E-state index contributed by atoms with van der Waals surface area (Å²) in [4.78, 5) is 2.48. The van der Waals surface area contributed by atoms with Gasteiger partial charge in [-0.15, -0.1) is 0 Å². The maximum absolute atomic E-state index is 3.77. The fraction of sp³-hybridized carbons (Fsp3) is 0.667. The van der Waals surface area contributed by atoms with Crippen molar-refractivity contribution in [3.63, 3.8) is 0 Å². The molecule has 0 amide bonds. The summed E-state index contributed by atoms with van der Waals surface area (Å²) in [7, 11) is 0. The molecule has 2 rings (SSSR count). The Labute approximate surface area is 124 Å². The molecule has 1 aromatic rings. The molecule has 0 fully saturated rings. The van der Waals surface area contributed by atoms with Crippen LogP contribution in [0.4, 0.5) is 0 Å². The van der Waals surface area contributed by atoms with Gasteiger partial charge in [0.15, 0.2) is 0 Å². The first kappa shape index (κ1) is 15.5. The van der Waals surface area contributed by atoms with Gasteiger partial charge in [-0.2, -0.15) is 0 Å². The van der Waals surface area contributed by atoms with E-state index in [0.29, 0.717) is 11.5 Å². The van der Waals surface area contributed by atoms with Crippen LogP contribution in [0, 0.1) is 0 Å². The number of hydrogen-bond acceptors (Lipinski definition) is 2. The molecule has 1 atom stereocenters. The molecule has 112 valence electrons. The van der Waals surface area contributed by atoms with Gasteiger partial charge >= 0.3 is 0 Å². The highest BCUT2D eigenvalue weighted by Gasteiger charge is 2.31. The first-order chi connectivity index (χ1) is 9.58. The molecule has 0 heterocycles. The molecular weight excluding hydrogens is 244 g/mol. The van der Waals surface area contributed by atoms with Gasteiger partial charge in [0.05, 0.1) is 0 Å². The quantitative estimate of drug-likeness (QED) is 0.850. The third kappa shape index (κ3) is 3.42. The van der Waals surface area contributed by atoms with E-state index in [0.717, 1.165) is 26.2 Å². The molecule has 1 N–H and O–H groups in total. The molecule has 2 heteroatoms. The molecule has 1 aliphatic rings. The van der Waals surface area contributed by atoms with Gasteiger partial charge in [-0.25, -0.2) is 0 Å². The summed E-state index contributed by atoms with van der Waals surface area (Å²) < 4.78 is 0. The zero-order valence-corrected chi connectivity index (χ0v) is 13.6. The van der Waals surface area contributed by atoms with E-state index in [-0.39, 0.29) is 0 Å². The van der Waals surface area contributed by atoms with Crippen molar-refractivity contribution in [2.75, 3.05) is 26.2 Å². The number of benzene rings is 1. The fourth-order valence-electron chi connectivity index (χ4n) is 3.36. The summed E-state index contributed by atoms with van der Waals surface area (Å²) >= 11 is 0. The molecule has 2 nitrogen and oxygen atoms in total. The van der Waals surface area contributed by atoms with Crippen LogP contribution in [-0.4, -0.2) is 31.1 Å². The molecule has 0 saturated carbocycles. The zero-order valence-electron chi connectivity index (χ0n) is 13.6. The van der Waals surface area contributed by atoms with Gasteiger partial charge in [-0.05, 0) is 42.5 Å². The summed E-state index contributed by atoms with van der Waals surface area (Å²) in [6, 6.07) is 9.52. The summed E-state index contributed by atoms with van der Waals surface area (Å²) in [5.41, 5.74) is 3.38. The van der Waals surface area contributed by atoms with Crippen LogP contribution in [-0.2, 0) is 5.41 Å². The van der Waals surface area contributed by atoms with Crippen LogP contribution in [0.2, 0.25) is 0 Å². The van der Waals surface area contributed by atoms with Crippen molar-refractivity contribution >= 4 is 0 Å². The molecule has 0 spiro atoms. The highest BCUT2D eigenvalue weighted by molar-refractivity contribution is 5.38. The Balaban J connectivity index is 2.00. The monoisotopic (exact) mass is 274 g/mol. The topological polar surface area (TPSA) is 15.3 Å². The van der Waals surface area contributed by atoms with Crippen molar-refractivity contribution in [3.8, 4) is 0 Å². The van der Waals surface area contributed by atoms with Gasteiger partial charge in [0, 0.05) is 19.1 Å². The van der Waals surface area contributed by atoms with Gasteiger partial charge in [0.1, 0.15) is 0 Å². The first-order valence-electron chi connectivity index (χ1n) is 8.13. The highest BCUT2D eigenvalue weighted by atomic mass is 15.1. The van der Waals surface area contributed by atoms with Crippen LogP contribution >= 0.6 is 0 Å². The fourth-order valence-corrected chi connectivity index (χ4v) is 3.36. The van der Waals surface area contributed by atoms with E-state index in [1.165, 1.54) is 24.0 Å². The summed E-state index contributed by atoms with van der Waals surface area (Å²) in [6.45, 7) is 13.7. The van der Waals surface area contributed by atoms with Crippen molar-refractivity contribution in [1.29, 1.82) is 0 Å². The second kappa shape index (κ2) is 6.73. The van der Waals surface area contributed by atoms with E-state index in [1.807, 2.05) is 0 Å². The van der Waals surface area contributed by atoms with Crippen LogP contribution in [0.3, 0.4) is 0 Å². The van der Waals surface area contributed by atoms with Crippen molar-refractivity contribution < 1.29 is 0 Å². The smallest absolute Gasteiger partial charge is 0.0324 e. The second-order valence-corrected chi connectivity index (χ2v) is 6.54. The Morgan fingerprint density at radius 2 is 1.90 bits per heavy atom. The van der Waals surface area contributed by atoms with Crippen LogP contribution < -0.4 is 5.32 Å². The average Bonchev–Trinajstić information content (AvgIpc) is 2.46. The van der Waals surface area contributed by atoms with Crippen molar-refractivity contribution in [3.05, 3.63) is 35.4 Å². The SMILES string of the molecule is CCN(CC)CCNC1CCC(C)(C)c2ccccc21. The molecule has 0 aliphatic heterocycles. The Morgan fingerprint density at radius 1 is 1.20 bits per heavy atom. The number of nitrogens with zero attached hydrogens (tertiary/aromatic N) is 1. The predicted octanol–water partition coefficient (Wildman–Crippen LogP) is 3.73. The first-order valence-corrected chi connectivity index (χ1v) is 8.13. The van der Waals surface area contributed by atoms with Gasteiger partial charge in [0.25, 0.3) is 0 Å². The van der Waals surface area contributed by atoms with Crippen molar-refractivity contribution in [1.82, 2.24) is 10.2 Å². The summed E-state index contributed by atoms with van der Waals surface area (Å²) in [5.74, 6) is 0. The Kier molecular flexibility index (Phi) is 5.22. The van der Waals surface area contributed by atoms with Gasteiger partial charge in [-0.1, -0.05) is 52.0 Å². The minimum absolute atomic E-state index is 0.327. The van der Waals surface area contributed by atoms with E-state index in [4.69, 9.17) is 0 Å². The lowest BCUT2D eigenvalue weighted by molar-refractivity contribution is 0.286. The molecule has 1 aliphatic carbocycles. The Hall–Kier alpha value is -0.860. The number of fused-ring (bicyclic) bond motifs is 1. The molecule has 0 radical (unpaired) electrons. The number of nitrogens with one attached hydrogen (secondary N) is 1. The van der Waals surface area contributed by atoms with Crippen molar-refractivity contribution in [2.45, 2.75) is 52.0 Å².